The molecule has 0 N–H and O–H groups in total. The molecule has 160 valence electrons. The molecule has 1 aromatic carbocycles. The summed E-state index contributed by atoms with van der Waals surface area (Å²) in [6.07, 6.45) is 3.83. The number of halogens is 1. The Morgan fingerprint density at radius 2 is 2.00 bits per heavy atom. The van der Waals surface area contributed by atoms with E-state index in [1.807, 2.05) is 6.07 Å². The Kier molecular flexibility index (Phi) is 4.82. The first-order valence-corrected chi connectivity index (χ1v) is 11.9. The predicted octanol–water partition coefficient (Wildman–Crippen LogP) is 2.51. The Morgan fingerprint density at radius 3 is 2.74 bits per heavy atom. The van der Waals surface area contributed by atoms with E-state index < -0.39 is 20.5 Å². The topological polar surface area (TPSA) is 106 Å². The zero-order valence-corrected chi connectivity index (χ0v) is 18.0. The molecule has 4 heterocycles. The van der Waals surface area contributed by atoms with E-state index >= 15 is 0 Å². The molecule has 10 heteroatoms. The molecule has 0 saturated carbocycles. The van der Waals surface area contributed by atoms with Crippen molar-refractivity contribution < 1.29 is 17.7 Å². The number of carbonyl (C=O) groups is 1. The normalized spacial score (nSPS) is 21.2. The Balaban J connectivity index is 1.36. The Morgan fingerprint density at radius 1 is 1.23 bits per heavy atom. The third kappa shape index (κ3) is 3.41. The largest absolute Gasteiger partial charge is 0.339 e. The molecular formula is C21H19ClN4O4S. The van der Waals surface area contributed by atoms with Gasteiger partial charge >= 0.3 is 0 Å². The van der Waals surface area contributed by atoms with Crippen molar-refractivity contribution in [2.24, 2.45) is 0 Å². The van der Waals surface area contributed by atoms with Gasteiger partial charge in [-0.1, -0.05) is 28.9 Å². The molecule has 0 radical (unpaired) electrons. The summed E-state index contributed by atoms with van der Waals surface area (Å²) in [6.45, 7) is 0.263. The molecule has 1 atom stereocenters. The Bertz CT molecular complexity index is 1240. The molecule has 1 unspecified atom stereocenters. The van der Waals surface area contributed by atoms with Crippen LogP contribution in [0.2, 0.25) is 5.02 Å². The number of hydrogen-bond acceptors (Lipinski definition) is 7. The molecule has 5 rings (SSSR count). The van der Waals surface area contributed by atoms with Gasteiger partial charge in [-0.25, -0.2) is 8.42 Å². The summed E-state index contributed by atoms with van der Waals surface area (Å²) in [4.78, 5) is 22.7. The fourth-order valence-corrected chi connectivity index (χ4v) is 6.95. The first-order chi connectivity index (χ1) is 14.9. The van der Waals surface area contributed by atoms with E-state index in [-0.39, 0.29) is 31.2 Å². The monoisotopic (exact) mass is 458 g/mol. The van der Waals surface area contributed by atoms with Crippen LogP contribution in [0.25, 0.3) is 11.4 Å². The molecule has 1 amide bonds. The summed E-state index contributed by atoms with van der Waals surface area (Å²) in [5.41, 5.74) is 1.54. The van der Waals surface area contributed by atoms with Gasteiger partial charge in [-0.2, -0.15) is 4.98 Å². The van der Waals surface area contributed by atoms with E-state index in [1.165, 1.54) is 0 Å². The summed E-state index contributed by atoms with van der Waals surface area (Å²) >= 11 is 5.99. The molecule has 2 aliphatic heterocycles. The highest BCUT2D eigenvalue weighted by Crippen LogP contribution is 2.49. The maximum Gasteiger partial charge on any atom is 0.231 e. The highest BCUT2D eigenvalue weighted by atomic mass is 35.5. The lowest BCUT2D eigenvalue weighted by atomic mass is 9.82. The number of amides is 1. The minimum absolute atomic E-state index is 0.0426. The van der Waals surface area contributed by atoms with E-state index in [1.54, 1.807) is 47.6 Å². The van der Waals surface area contributed by atoms with Gasteiger partial charge in [0.25, 0.3) is 0 Å². The molecule has 31 heavy (non-hydrogen) atoms. The van der Waals surface area contributed by atoms with Gasteiger partial charge in [-0.05, 0) is 36.2 Å². The standard InChI is InChI=1S/C21H19ClN4O4S/c22-16-3-1-2-14(10-16)11-18(27)26-12-21(13-26)17(6-9-31(21,28)29)20-24-19(25-30-20)15-4-7-23-8-5-15/h1-5,7-8,10,17H,6,9,11-13H2. The first kappa shape index (κ1) is 20.1. The first-order valence-electron chi connectivity index (χ1n) is 9.86. The lowest BCUT2D eigenvalue weighted by Gasteiger charge is -2.49. The number of sulfone groups is 1. The Hall–Kier alpha value is -2.78. The van der Waals surface area contributed by atoms with E-state index in [2.05, 4.69) is 15.1 Å². The molecule has 8 nitrogen and oxygen atoms in total. The summed E-state index contributed by atoms with van der Waals surface area (Å²) in [6, 6.07) is 10.6. The van der Waals surface area contributed by atoms with Gasteiger partial charge in [-0.15, -0.1) is 0 Å². The van der Waals surface area contributed by atoms with Gasteiger partial charge in [0, 0.05) is 36.1 Å². The van der Waals surface area contributed by atoms with Crippen molar-refractivity contribution in [3.8, 4) is 11.4 Å². The van der Waals surface area contributed by atoms with Gasteiger partial charge in [-0.3, -0.25) is 9.78 Å². The average Bonchev–Trinajstić information content (AvgIpc) is 3.29. The van der Waals surface area contributed by atoms with Crippen LogP contribution in [-0.2, 0) is 21.1 Å². The van der Waals surface area contributed by atoms with Crippen molar-refractivity contribution in [2.45, 2.75) is 23.5 Å². The van der Waals surface area contributed by atoms with E-state index in [0.29, 0.717) is 23.2 Å². The Labute approximate surface area is 184 Å². The number of pyridine rings is 1. The van der Waals surface area contributed by atoms with E-state index in [4.69, 9.17) is 16.1 Å². The predicted molar refractivity (Wildman–Crippen MR) is 113 cm³/mol. The van der Waals surface area contributed by atoms with Crippen LogP contribution in [0.15, 0.2) is 53.3 Å². The van der Waals surface area contributed by atoms with Gasteiger partial charge in [0.05, 0.1) is 18.1 Å². The zero-order valence-electron chi connectivity index (χ0n) is 16.4. The molecule has 2 fully saturated rings. The van der Waals surface area contributed by atoms with Crippen LogP contribution in [0.3, 0.4) is 0 Å². The van der Waals surface area contributed by atoms with Crippen LogP contribution in [0.5, 0.6) is 0 Å². The van der Waals surface area contributed by atoms with E-state index in [9.17, 15) is 13.2 Å². The minimum atomic E-state index is -3.40. The van der Waals surface area contributed by atoms with Gasteiger partial charge in [0.15, 0.2) is 9.84 Å². The fraction of sp³-hybridized carbons (Fsp3) is 0.333. The molecule has 0 aliphatic carbocycles. The fourth-order valence-electron chi connectivity index (χ4n) is 4.43. The van der Waals surface area contributed by atoms with Crippen LogP contribution < -0.4 is 0 Å². The second-order valence-electron chi connectivity index (χ2n) is 7.97. The third-order valence-electron chi connectivity index (χ3n) is 6.12. The molecule has 0 bridgehead atoms. The van der Waals surface area contributed by atoms with Crippen LogP contribution in [-0.4, -0.2) is 57.9 Å². The zero-order chi connectivity index (χ0) is 21.6. The van der Waals surface area contributed by atoms with Crippen molar-refractivity contribution in [1.29, 1.82) is 0 Å². The van der Waals surface area contributed by atoms with Crippen LogP contribution in [0.1, 0.15) is 23.8 Å². The third-order valence-corrected chi connectivity index (χ3v) is 8.91. The summed E-state index contributed by atoms with van der Waals surface area (Å²) in [5.74, 6) is 0.175. The van der Waals surface area contributed by atoms with Crippen molar-refractivity contribution in [3.05, 3.63) is 65.3 Å². The lowest BCUT2D eigenvalue weighted by molar-refractivity contribution is -0.136. The number of benzene rings is 1. The SMILES string of the molecule is O=C(Cc1cccc(Cl)c1)N1CC2(C1)C(c1nc(-c3ccncc3)no1)CCS2(=O)=O. The highest BCUT2D eigenvalue weighted by molar-refractivity contribution is 7.93. The van der Waals surface area contributed by atoms with Crippen molar-refractivity contribution in [3.63, 3.8) is 0 Å². The molecule has 3 aromatic rings. The van der Waals surface area contributed by atoms with Crippen molar-refractivity contribution >= 4 is 27.3 Å². The minimum Gasteiger partial charge on any atom is -0.339 e. The second kappa shape index (κ2) is 7.42. The van der Waals surface area contributed by atoms with Crippen LogP contribution in [0, 0.1) is 0 Å². The van der Waals surface area contributed by atoms with Crippen LogP contribution >= 0.6 is 11.6 Å². The summed E-state index contributed by atoms with van der Waals surface area (Å²) < 4.78 is 30.3. The van der Waals surface area contributed by atoms with E-state index in [0.717, 1.165) is 11.1 Å². The quantitative estimate of drug-likeness (QED) is 0.591. The average molecular weight is 459 g/mol. The number of hydrogen-bond donors (Lipinski definition) is 0. The second-order valence-corrected chi connectivity index (χ2v) is 10.9. The van der Waals surface area contributed by atoms with Crippen molar-refractivity contribution in [1.82, 2.24) is 20.0 Å². The number of nitrogens with zero attached hydrogens (tertiary/aromatic N) is 4. The molecule has 2 aliphatic rings. The number of aromatic nitrogens is 3. The summed E-state index contributed by atoms with van der Waals surface area (Å²) in [7, 11) is -3.40. The number of carbonyl (C=O) groups excluding carboxylic acids is 1. The molecular weight excluding hydrogens is 440 g/mol. The maximum atomic E-state index is 12.9. The smallest absolute Gasteiger partial charge is 0.231 e. The van der Waals surface area contributed by atoms with Gasteiger partial charge in [0.2, 0.25) is 17.6 Å². The lowest BCUT2D eigenvalue weighted by Crippen LogP contribution is -2.67. The number of likely N-dealkylation sites (tertiary alicyclic amines) is 1. The number of rotatable bonds is 4. The molecule has 2 aromatic heterocycles. The maximum absolute atomic E-state index is 12.9. The van der Waals surface area contributed by atoms with Gasteiger partial charge < -0.3 is 9.42 Å². The highest BCUT2D eigenvalue weighted by Gasteiger charge is 2.64. The summed E-state index contributed by atoms with van der Waals surface area (Å²) in [5, 5.41) is 4.58. The van der Waals surface area contributed by atoms with Gasteiger partial charge in [0.1, 0.15) is 4.75 Å². The molecule has 2 saturated heterocycles. The van der Waals surface area contributed by atoms with Crippen molar-refractivity contribution in [2.75, 3.05) is 18.8 Å². The van der Waals surface area contributed by atoms with Crippen LogP contribution in [0.4, 0.5) is 0 Å². The molecule has 1 spiro atoms.